The van der Waals surface area contributed by atoms with Crippen LogP contribution in [0.1, 0.15) is 50.2 Å². The number of anilines is 1. The number of nitrogens with one attached hydrogen (secondary N) is 1. The molecule has 10 nitrogen and oxygen atoms in total. The summed E-state index contributed by atoms with van der Waals surface area (Å²) >= 11 is 0. The molecule has 186 valence electrons. The number of carbonyl (C=O) groups excluding carboxylic acids is 2. The first-order valence-corrected chi connectivity index (χ1v) is 12.0. The topological polar surface area (TPSA) is 113 Å². The van der Waals surface area contributed by atoms with E-state index in [4.69, 9.17) is 9.72 Å². The summed E-state index contributed by atoms with van der Waals surface area (Å²) in [6.45, 7) is 9.80. The fraction of sp³-hybridized carbons (Fsp3) is 0.480. The number of ether oxygens (including phenoxy) is 1. The van der Waals surface area contributed by atoms with E-state index in [0.717, 1.165) is 17.8 Å². The van der Waals surface area contributed by atoms with Crippen LogP contribution >= 0.6 is 0 Å². The van der Waals surface area contributed by atoms with E-state index in [2.05, 4.69) is 21.9 Å². The molecule has 2 aromatic heterocycles. The average Bonchev–Trinajstić information content (AvgIpc) is 3.15. The summed E-state index contributed by atoms with van der Waals surface area (Å²) < 4.78 is 7.50. The van der Waals surface area contributed by atoms with Crippen molar-refractivity contribution >= 4 is 28.4 Å². The van der Waals surface area contributed by atoms with Gasteiger partial charge < -0.3 is 19.5 Å². The highest BCUT2D eigenvalue weighted by Crippen LogP contribution is 2.37. The molecular weight excluding hydrogens is 448 g/mol. The lowest BCUT2D eigenvalue weighted by Gasteiger charge is -2.36. The van der Waals surface area contributed by atoms with E-state index in [1.807, 2.05) is 24.0 Å². The molecule has 0 spiro atoms. The Morgan fingerprint density at radius 2 is 1.83 bits per heavy atom. The Bertz CT molecular complexity index is 1330. The van der Waals surface area contributed by atoms with Crippen LogP contribution in [-0.4, -0.2) is 69.1 Å². The minimum atomic E-state index is -0.297. The number of aromatic amines is 1. The Morgan fingerprint density at radius 1 is 1.11 bits per heavy atom. The van der Waals surface area contributed by atoms with Crippen molar-refractivity contribution < 1.29 is 14.3 Å². The maximum Gasteiger partial charge on any atom is 0.277 e. The fourth-order valence-electron chi connectivity index (χ4n) is 4.59. The van der Waals surface area contributed by atoms with Crippen LogP contribution in [0.3, 0.4) is 0 Å². The smallest absolute Gasteiger partial charge is 0.277 e. The Hall–Kier alpha value is -3.69. The standard InChI is InChI=1S/C25H32N6O4/c1-6-8-20-21-22(29(5)28-20)25(34)27-24(26-21)19-14-17(13-18(15(3)32)23(19)35-7-2)31-11-9-30(10-12-31)16(4)33/h13-14H,6-12H2,1-5H3,(H,26,27,34). The van der Waals surface area contributed by atoms with E-state index in [1.165, 1.54) is 6.92 Å². The molecule has 0 aliphatic carbocycles. The zero-order valence-electron chi connectivity index (χ0n) is 21.0. The van der Waals surface area contributed by atoms with Crippen LogP contribution in [0.2, 0.25) is 0 Å². The molecular formula is C25H32N6O4. The van der Waals surface area contributed by atoms with Crippen LogP contribution in [0.15, 0.2) is 16.9 Å². The second-order valence-electron chi connectivity index (χ2n) is 8.78. The number of carbonyl (C=O) groups is 2. The van der Waals surface area contributed by atoms with Crippen molar-refractivity contribution in [2.24, 2.45) is 7.05 Å². The highest BCUT2D eigenvalue weighted by molar-refractivity contribution is 6.00. The third-order valence-corrected chi connectivity index (χ3v) is 6.34. The quantitative estimate of drug-likeness (QED) is 0.517. The number of hydrogen-bond donors (Lipinski definition) is 1. The van der Waals surface area contributed by atoms with E-state index in [-0.39, 0.29) is 17.2 Å². The lowest BCUT2D eigenvalue weighted by Crippen LogP contribution is -2.48. The molecule has 1 N–H and O–H groups in total. The first-order valence-electron chi connectivity index (χ1n) is 12.0. The van der Waals surface area contributed by atoms with Crippen molar-refractivity contribution in [3.8, 4) is 17.1 Å². The Morgan fingerprint density at radius 3 is 2.43 bits per heavy atom. The van der Waals surface area contributed by atoms with Crippen molar-refractivity contribution in [1.82, 2.24) is 24.6 Å². The van der Waals surface area contributed by atoms with Gasteiger partial charge in [-0.25, -0.2) is 4.98 Å². The van der Waals surface area contributed by atoms with E-state index < -0.39 is 0 Å². The normalized spacial score (nSPS) is 14.0. The van der Waals surface area contributed by atoms with E-state index in [9.17, 15) is 14.4 Å². The molecule has 0 bridgehead atoms. The van der Waals surface area contributed by atoms with Gasteiger partial charge in [-0.3, -0.25) is 19.1 Å². The molecule has 4 rings (SSSR count). The van der Waals surface area contributed by atoms with Gasteiger partial charge in [-0.15, -0.1) is 0 Å². The van der Waals surface area contributed by atoms with Gasteiger partial charge in [0.05, 0.1) is 23.4 Å². The zero-order valence-corrected chi connectivity index (χ0v) is 21.0. The van der Waals surface area contributed by atoms with Crippen molar-refractivity contribution in [3.05, 3.63) is 33.7 Å². The van der Waals surface area contributed by atoms with Crippen LogP contribution in [0.5, 0.6) is 5.75 Å². The summed E-state index contributed by atoms with van der Waals surface area (Å²) in [4.78, 5) is 49.1. The first kappa shape index (κ1) is 24.4. The van der Waals surface area contributed by atoms with Gasteiger partial charge in [0.25, 0.3) is 5.56 Å². The number of H-pyrrole nitrogens is 1. The van der Waals surface area contributed by atoms with Crippen LogP contribution in [-0.2, 0) is 18.3 Å². The largest absolute Gasteiger partial charge is 0.492 e. The molecule has 0 radical (unpaired) electrons. The Labute approximate surface area is 203 Å². The van der Waals surface area contributed by atoms with Crippen LogP contribution < -0.4 is 15.2 Å². The number of fused-ring (bicyclic) bond motifs is 1. The van der Waals surface area contributed by atoms with Crippen molar-refractivity contribution in [2.75, 3.05) is 37.7 Å². The molecule has 1 fully saturated rings. The lowest BCUT2D eigenvalue weighted by molar-refractivity contribution is -0.129. The van der Waals surface area contributed by atoms with E-state index >= 15 is 0 Å². The monoisotopic (exact) mass is 480 g/mol. The number of aryl methyl sites for hydroxylation is 2. The number of benzene rings is 1. The molecule has 10 heteroatoms. The predicted molar refractivity (Wildman–Crippen MR) is 134 cm³/mol. The summed E-state index contributed by atoms with van der Waals surface area (Å²) in [5.74, 6) is 0.642. The highest BCUT2D eigenvalue weighted by atomic mass is 16.5. The minimum Gasteiger partial charge on any atom is -0.492 e. The number of hydrogen-bond acceptors (Lipinski definition) is 7. The molecule has 35 heavy (non-hydrogen) atoms. The van der Waals surface area contributed by atoms with Crippen LogP contribution in [0.25, 0.3) is 22.4 Å². The molecule has 3 heterocycles. The first-order chi connectivity index (χ1) is 16.7. The second kappa shape index (κ2) is 9.89. The molecule has 0 unspecified atom stereocenters. The van der Waals surface area contributed by atoms with Gasteiger partial charge in [0.15, 0.2) is 11.3 Å². The van der Waals surface area contributed by atoms with Crippen molar-refractivity contribution in [1.29, 1.82) is 0 Å². The lowest BCUT2D eigenvalue weighted by atomic mass is 10.0. The highest BCUT2D eigenvalue weighted by Gasteiger charge is 2.25. The van der Waals surface area contributed by atoms with Gasteiger partial charge in [-0.2, -0.15) is 5.10 Å². The zero-order chi connectivity index (χ0) is 25.3. The maximum atomic E-state index is 13.1. The van der Waals surface area contributed by atoms with Gasteiger partial charge in [0.1, 0.15) is 17.1 Å². The summed E-state index contributed by atoms with van der Waals surface area (Å²) in [7, 11) is 1.73. The summed E-state index contributed by atoms with van der Waals surface area (Å²) in [6.07, 6.45) is 1.57. The van der Waals surface area contributed by atoms with Gasteiger partial charge >= 0.3 is 0 Å². The maximum absolute atomic E-state index is 13.1. The number of aromatic nitrogens is 4. The Balaban J connectivity index is 1.89. The predicted octanol–water partition coefficient (Wildman–Crippen LogP) is 2.55. The average molecular weight is 481 g/mol. The van der Waals surface area contributed by atoms with Gasteiger partial charge in [-0.05, 0) is 32.4 Å². The number of piperazine rings is 1. The fourth-order valence-corrected chi connectivity index (χ4v) is 4.59. The Kier molecular flexibility index (Phi) is 6.90. The van der Waals surface area contributed by atoms with E-state index in [1.54, 1.807) is 18.7 Å². The molecule has 1 amide bonds. The number of nitrogens with zero attached hydrogens (tertiary/aromatic N) is 5. The second-order valence-corrected chi connectivity index (χ2v) is 8.78. The number of rotatable bonds is 7. The third-order valence-electron chi connectivity index (χ3n) is 6.34. The van der Waals surface area contributed by atoms with Crippen LogP contribution in [0.4, 0.5) is 5.69 Å². The summed E-state index contributed by atoms with van der Waals surface area (Å²) in [5, 5.41) is 4.50. The molecule has 1 aliphatic heterocycles. The summed E-state index contributed by atoms with van der Waals surface area (Å²) in [6, 6.07) is 3.73. The summed E-state index contributed by atoms with van der Waals surface area (Å²) in [5.41, 5.74) is 3.23. The molecule has 0 atom stereocenters. The molecule has 3 aromatic rings. The van der Waals surface area contributed by atoms with Crippen molar-refractivity contribution in [3.63, 3.8) is 0 Å². The van der Waals surface area contributed by atoms with Gasteiger partial charge in [0.2, 0.25) is 5.91 Å². The molecule has 1 aromatic carbocycles. The SMILES string of the molecule is CCCc1nn(C)c2c(=O)[nH]c(-c3cc(N4CCN(C(C)=O)CC4)cc(C(C)=O)c3OCC)nc12. The van der Waals surface area contributed by atoms with Gasteiger partial charge in [-0.1, -0.05) is 13.3 Å². The third kappa shape index (κ3) is 4.65. The molecule has 0 saturated carbocycles. The van der Waals surface area contributed by atoms with Crippen LogP contribution in [0, 0.1) is 0 Å². The number of amides is 1. The molecule has 1 saturated heterocycles. The number of Topliss-reactive ketones (excluding diaryl/α,β-unsaturated/α-hetero) is 1. The number of ketones is 1. The molecule has 1 aliphatic rings. The van der Waals surface area contributed by atoms with E-state index in [0.29, 0.717) is 72.9 Å². The van der Waals surface area contributed by atoms with Gasteiger partial charge in [0, 0.05) is 45.8 Å². The minimum absolute atomic E-state index is 0.0517. The van der Waals surface area contributed by atoms with Crippen molar-refractivity contribution in [2.45, 2.75) is 40.5 Å².